The highest BCUT2D eigenvalue weighted by atomic mass is 32.2. The lowest BCUT2D eigenvalue weighted by Crippen LogP contribution is -2.59. The molecule has 8 heteroatoms. The quantitative estimate of drug-likeness (QED) is 0.666. The van der Waals surface area contributed by atoms with E-state index in [-0.39, 0.29) is 23.1 Å². The number of benzene rings is 1. The molecule has 2 N–H and O–H groups in total. The van der Waals surface area contributed by atoms with Gasteiger partial charge in [0.15, 0.2) is 0 Å². The lowest BCUT2D eigenvalue weighted by atomic mass is 9.95. The van der Waals surface area contributed by atoms with Crippen molar-refractivity contribution >= 4 is 41.0 Å². The van der Waals surface area contributed by atoms with Crippen LogP contribution < -0.4 is 10.6 Å². The summed E-state index contributed by atoms with van der Waals surface area (Å²) in [5.74, 6) is 2.68. The Hall–Kier alpha value is -1.22. The zero-order chi connectivity index (χ0) is 19.8. The van der Waals surface area contributed by atoms with Crippen molar-refractivity contribution in [1.29, 1.82) is 0 Å². The molecule has 0 spiro atoms. The summed E-state index contributed by atoms with van der Waals surface area (Å²) in [6, 6.07) is 7.70. The number of hydrogen-bond donors (Lipinski definition) is 2. The molecule has 0 aromatic heterocycles. The van der Waals surface area contributed by atoms with Crippen LogP contribution in [-0.2, 0) is 14.3 Å². The van der Waals surface area contributed by atoms with Crippen molar-refractivity contribution in [3.05, 3.63) is 29.8 Å². The van der Waals surface area contributed by atoms with Crippen LogP contribution in [0.4, 0.5) is 5.69 Å². The predicted molar refractivity (Wildman–Crippen MR) is 117 cm³/mol. The molecule has 1 unspecified atom stereocenters. The number of aryl methyl sites for hydroxylation is 1. The minimum Gasteiger partial charge on any atom is -0.379 e. The van der Waals surface area contributed by atoms with E-state index in [1.165, 1.54) is 11.8 Å². The number of rotatable bonds is 8. The van der Waals surface area contributed by atoms with Gasteiger partial charge >= 0.3 is 0 Å². The van der Waals surface area contributed by atoms with Gasteiger partial charge in [-0.2, -0.15) is 11.8 Å². The Balaban J connectivity index is 1.38. The Morgan fingerprint density at radius 1 is 1.25 bits per heavy atom. The molecule has 154 valence electrons. The average Bonchev–Trinajstić information content (AvgIpc) is 3.17. The molecule has 0 radical (unpaired) electrons. The van der Waals surface area contributed by atoms with E-state index in [4.69, 9.17) is 4.74 Å². The molecule has 0 saturated carbocycles. The van der Waals surface area contributed by atoms with Crippen molar-refractivity contribution in [2.75, 3.05) is 61.2 Å². The summed E-state index contributed by atoms with van der Waals surface area (Å²) < 4.78 is 5.48. The minimum atomic E-state index is -0.0830. The minimum absolute atomic E-state index is 0.00195. The maximum Gasteiger partial charge on any atom is 0.234 e. The van der Waals surface area contributed by atoms with Crippen LogP contribution in [0.2, 0.25) is 0 Å². The topological polar surface area (TPSA) is 70.7 Å². The molecule has 2 aliphatic rings. The van der Waals surface area contributed by atoms with E-state index in [9.17, 15) is 9.59 Å². The van der Waals surface area contributed by atoms with Crippen LogP contribution in [0.5, 0.6) is 0 Å². The van der Waals surface area contributed by atoms with E-state index in [1.54, 1.807) is 0 Å². The van der Waals surface area contributed by atoms with E-state index in [2.05, 4.69) is 15.5 Å². The number of hydrogen-bond acceptors (Lipinski definition) is 6. The maximum absolute atomic E-state index is 12.3. The lowest BCUT2D eigenvalue weighted by Gasteiger charge is -2.43. The zero-order valence-corrected chi connectivity index (χ0v) is 18.0. The van der Waals surface area contributed by atoms with E-state index in [0.29, 0.717) is 12.3 Å². The molecular weight excluding hydrogens is 394 g/mol. The molecule has 2 saturated heterocycles. The number of anilines is 1. The number of ether oxygens (including phenoxy) is 1. The first-order chi connectivity index (χ1) is 13.6. The molecule has 0 aliphatic carbocycles. The van der Waals surface area contributed by atoms with Gasteiger partial charge in [0.1, 0.15) is 0 Å². The van der Waals surface area contributed by atoms with Gasteiger partial charge in [-0.25, -0.2) is 0 Å². The Bertz CT molecular complexity index is 674. The molecule has 3 rings (SSSR count). The summed E-state index contributed by atoms with van der Waals surface area (Å²) in [7, 11) is 0. The number of nitrogens with one attached hydrogen (secondary N) is 2. The van der Waals surface area contributed by atoms with Crippen molar-refractivity contribution in [1.82, 2.24) is 10.2 Å². The maximum atomic E-state index is 12.3. The Labute approximate surface area is 175 Å². The third kappa shape index (κ3) is 6.14. The molecule has 1 atom stereocenters. The first-order valence-electron chi connectivity index (χ1n) is 9.69. The van der Waals surface area contributed by atoms with Gasteiger partial charge in [0, 0.05) is 36.6 Å². The normalized spacial score (nSPS) is 22.8. The van der Waals surface area contributed by atoms with E-state index < -0.39 is 0 Å². The number of amides is 2. The van der Waals surface area contributed by atoms with Gasteiger partial charge in [-0.3, -0.25) is 14.5 Å². The molecular formula is C20H29N3O3S2. The van der Waals surface area contributed by atoms with Gasteiger partial charge in [-0.15, -0.1) is 11.8 Å². The molecule has 1 aromatic carbocycles. The molecule has 2 fully saturated rings. The summed E-state index contributed by atoms with van der Waals surface area (Å²) in [6.07, 6.45) is 1.10. The van der Waals surface area contributed by atoms with Gasteiger partial charge in [-0.05, 0) is 36.8 Å². The van der Waals surface area contributed by atoms with Gasteiger partial charge in [0.05, 0.1) is 24.7 Å². The van der Waals surface area contributed by atoms with Gasteiger partial charge in [0.2, 0.25) is 11.8 Å². The molecule has 0 bridgehead atoms. The predicted octanol–water partition coefficient (Wildman–Crippen LogP) is 1.99. The number of carbonyl (C=O) groups excluding carboxylic acids is 2. The number of carbonyl (C=O) groups is 2. The van der Waals surface area contributed by atoms with Gasteiger partial charge < -0.3 is 15.4 Å². The lowest BCUT2D eigenvalue weighted by molar-refractivity contribution is -0.119. The second kappa shape index (κ2) is 10.5. The van der Waals surface area contributed by atoms with Gasteiger partial charge in [0.25, 0.3) is 0 Å². The molecule has 2 heterocycles. The van der Waals surface area contributed by atoms with Crippen molar-refractivity contribution < 1.29 is 14.3 Å². The zero-order valence-electron chi connectivity index (χ0n) is 16.4. The van der Waals surface area contributed by atoms with Crippen molar-refractivity contribution in [3.63, 3.8) is 0 Å². The van der Waals surface area contributed by atoms with Crippen LogP contribution in [0.1, 0.15) is 12.0 Å². The summed E-state index contributed by atoms with van der Waals surface area (Å²) in [5.41, 5.74) is 1.95. The molecule has 2 amide bonds. The number of thioether (sulfide) groups is 2. The van der Waals surface area contributed by atoms with Gasteiger partial charge in [-0.1, -0.05) is 12.1 Å². The number of morpholine rings is 1. The Morgan fingerprint density at radius 3 is 2.75 bits per heavy atom. The van der Waals surface area contributed by atoms with Crippen LogP contribution in [-0.4, -0.2) is 78.1 Å². The van der Waals surface area contributed by atoms with Crippen molar-refractivity contribution in [3.8, 4) is 0 Å². The van der Waals surface area contributed by atoms with E-state index in [1.807, 2.05) is 43.0 Å². The Morgan fingerprint density at radius 2 is 2.04 bits per heavy atom. The smallest absolute Gasteiger partial charge is 0.234 e. The fourth-order valence-electron chi connectivity index (χ4n) is 3.61. The van der Waals surface area contributed by atoms with Crippen molar-refractivity contribution in [2.45, 2.75) is 18.9 Å². The summed E-state index contributed by atoms with van der Waals surface area (Å²) in [5, 5.41) is 5.98. The standard InChI is InChI=1S/C20H29N3O3S2/c1-16-3-2-4-17(11-16)22-19(25)13-28-12-18(24)21-14-20(5-10-27-15-20)23-6-8-26-9-7-23/h2-4,11H,5-10,12-15H2,1H3,(H,21,24)(H,22,25). The highest BCUT2D eigenvalue weighted by Crippen LogP contribution is 2.33. The first kappa shape index (κ1) is 21.5. The second-order valence-corrected chi connectivity index (χ2v) is 9.40. The third-order valence-corrected chi connectivity index (χ3v) is 7.31. The molecule has 6 nitrogen and oxygen atoms in total. The number of nitrogens with zero attached hydrogens (tertiary/aromatic N) is 1. The van der Waals surface area contributed by atoms with Crippen LogP contribution in [0.15, 0.2) is 24.3 Å². The largest absolute Gasteiger partial charge is 0.379 e. The fraction of sp³-hybridized carbons (Fsp3) is 0.600. The highest BCUT2D eigenvalue weighted by Gasteiger charge is 2.40. The van der Waals surface area contributed by atoms with Crippen LogP contribution in [0, 0.1) is 6.92 Å². The molecule has 2 aliphatic heterocycles. The third-order valence-electron chi connectivity index (χ3n) is 5.15. The van der Waals surface area contributed by atoms with Crippen LogP contribution in [0.3, 0.4) is 0 Å². The second-order valence-electron chi connectivity index (χ2n) is 7.31. The molecule has 1 aromatic rings. The summed E-state index contributed by atoms with van der Waals surface area (Å²) in [6.45, 7) is 6.07. The summed E-state index contributed by atoms with van der Waals surface area (Å²) in [4.78, 5) is 26.8. The Kier molecular flexibility index (Phi) is 8.08. The average molecular weight is 424 g/mol. The summed E-state index contributed by atoms with van der Waals surface area (Å²) >= 11 is 3.31. The van der Waals surface area contributed by atoms with Crippen LogP contribution in [0.25, 0.3) is 0 Å². The van der Waals surface area contributed by atoms with E-state index >= 15 is 0 Å². The van der Waals surface area contributed by atoms with Crippen molar-refractivity contribution in [2.24, 2.45) is 0 Å². The van der Waals surface area contributed by atoms with Crippen LogP contribution >= 0.6 is 23.5 Å². The highest BCUT2D eigenvalue weighted by molar-refractivity contribution is 8.00. The van der Waals surface area contributed by atoms with E-state index in [0.717, 1.165) is 55.5 Å². The first-order valence-corrected chi connectivity index (χ1v) is 12.0. The fourth-order valence-corrected chi connectivity index (χ4v) is 5.73. The SMILES string of the molecule is Cc1cccc(NC(=O)CSCC(=O)NCC2(N3CCOCC3)CCSC2)c1. The monoisotopic (exact) mass is 423 g/mol. The molecule has 28 heavy (non-hydrogen) atoms.